The van der Waals surface area contributed by atoms with Gasteiger partial charge in [-0.2, -0.15) is 0 Å². The number of fused-ring (bicyclic) bond motifs is 1. The molecule has 1 saturated carbocycles. The van der Waals surface area contributed by atoms with E-state index in [1.807, 2.05) is 0 Å². The van der Waals surface area contributed by atoms with Crippen LogP contribution in [0.4, 0.5) is 8.78 Å². The Labute approximate surface area is 157 Å². The van der Waals surface area contributed by atoms with E-state index < -0.39 is 17.7 Å². The largest absolute Gasteiger partial charge is 0.508 e. The highest BCUT2D eigenvalue weighted by Crippen LogP contribution is 2.40. The van der Waals surface area contributed by atoms with Crippen LogP contribution in [0.2, 0.25) is 0 Å². The minimum absolute atomic E-state index is 0.0223. The minimum Gasteiger partial charge on any atom is -0.508 e. The van der Waals surface area contributed by atoms with E-state index in [1.54, 1.807) is 24.3 Å². The standard InChI is InChI=1S/C21H23F2NO3/c22-19-6-5-17(9-20(19)23)27-18-7-14-10-24(11-15(14)8-18)12-21(26)13-1-3-16(25)4-2-13/h1-6,9,14-15,18,21,25-26H,7-8,10-12H2. The molecule has 2 aromatic rings. The van der Waals surface area contributed by atoms with Crippen molar-refractivity contribution in [3.63, 3.8) is 0 Å². The van der Waals surface area contributed by atoms with Gasteiger partial charge in [0.2, 0.25) is 0 Å². The van der Waals surface area contributed by atoms with Crippen molar-refractivity contribution >= 4 is 0 Å². The third-order valence-corrected chi connectivity index (χ3v) is 5.69. The van der Waals surface area contributed by atoms with Crippen LogP contribution in [-0.2, 0) is 0 Å². The maximum absolute atomic E-state index is 13.3. The van der Waals surface area contributed by atoms with E-state index in [1.165, 1.54) is 6.07 Å². The molecular formula is C21H23F2NO3. The molecule has 0 aromatic heterocycles. The van der Waals surface area contributed by atoms with Crippen LogP contribution >= 0.6 is 0 Å². The lowest BCUT2D eigenvalue weighted by Gasteiger charge is -2.22. The summed E-state index contributed by atoms with van der Waals surface area (Å²) in [6.45, 7) is 2.36. The third kappa shape index (κ3) is 4.06. The molecule has 4 rings (SSSR count). The fraction of sp³-hybridized carbons (Fsp3) is 0.429. The number of hydrogen-bond donors (Lipinski definition) is 2. The number of aliphatic hydroxyl groups is 1. The van der Waals surface area contributed by atoms with Gasteiger partial charge in [0.1, 0.15) is 11.5 Å². The van der Waals surface area contributed by atoms with Gasteiger partial charge < -0.3 is 14.9 Å². The summed E-state index contributed by atoms with van der Waals surface area (Å²) in [4.78, 5) is 2.26. The molecule has 2 N–H and O–H groups in total. The molecule has 6 heteroatoms. The fourth-order valence-electron chi connectivity index (χ4n) is 4.38. The summed E-state index contributed by atoms with van der Waals surface area (Å²) in [6.07, 6.45) is 1.21. The number of aromatic hydroxyl groups is 1. The number of aliphatic hydroxyl groups excluding tert-OH is 1. The molecule has 2 fully saturated rings. The number of rotatable bonds is 5. The summed E-state index contributed by atoms with van der Waals surface area (Å²) in [6, 6.07) is 10.3. The Morgan fingerprint density at radius 3 is 2.30 bits per heavy atom. The van der Waals surface area contributed by atoms with Crippen LogP contribution in [-0.4, -0.2) is 40.9 Å². The Morgan fingerprint density at radius 1 is 1.00 bits per heavy atom. The van der Waals surface area contributed by atoms with Crippen molar-refractivity contribution in [3.05, 3.63) is 59.7 Å². The van der Waals surface area contributed by atoms with Gasteiger partial charge in [-0.3, -0.25) is 4.90 Å². The number of phenolic OH excluding ortho intramolecular Hbond substituents is 1. The maximum Gasteiger partial charge on any atom is 0.162 e. The Bertz CT molecular complexity index is 785. The monoisotopic (exact) mass is 375 g/mol. The van der Waals surface area contributed by atoms with Crippen LogP contribution in [0.3, 0.4) is 0 Å². The van der Waals surface area contributed by atoms with E-state index in [0.717, 1.165) is 43.6 Å². The van der Waals surface area contributed by atoms with Gasteiger partial charge in [0.15, 0.2) is 11.6 Å². The van der Waals surface area contributed by atoms with Gasteiger partial charge in [-0.05, 0) is 54.5 Å². The normalized spacial score (nSPS) is 26.1. The summed E-state index contributed by atoms with van der Waals surface area (Å²) in [5.41, 5.74) is 0.796. The molecular weight excluding hydrogens is 352 g/mol. The van der Waals surface area contributed by atoms with Crippen LogP contribution in [0.5, 0.6) is 11.5 Å². The molecule has 2 aliphatic rings. The fourth-order valence-corrected chi connectivity index (χ4v) is 4.38. The molecule has 0 bridgehead atoms. The third-order valence-electron chi connectivity index (χ3n) is 5.69. The Morgan fingerprint density at radius 2 is 1.67 bits per heavy atom. The molecule has 3 unspecified atom stereocenters. The van der Waals surface area contributed by atoms with E-state index in [0.29, 0.717) is 24.1 Å². The SMILES string of the molecule is Oc1ccc(C(O)CN2CC3CC(Oc4ccc(F)c(F)c4)CC3C2)cc1. The first-order chi connectivity index (χ1) is 13.0. The van der Waals surface area contributed by atoms with Crippen molar-refractivity contribution in [2.75, 3.05) is 19.6 Å². The number of phenols is 1. The average Bonchev–Trinajstić information content (AvgIpc) is 3.16. The lowest BCUT2D eigenvalue weighted by Crippen LogP contribution is -2.28. The molecule has 0 radical (unpaired) electrons. The molecule has 4 nitrogen and oxygen atoms in total. The van der Waals surface area contributed by atoms with Gasteiger partial charge in [0.05, 0.1) is 12.2 Å². The quantitative estimate of drug-likeness (QED) is 0.840. The molecule has 1 heterocycles. The van der Waals surface area contributed by atoms with E-state index in [4.69, 9.17) is 4.74 Å². The van der Waals surface area contributed by atoms with Gasteiger partial charge in [0, 0.05) is 25.7 Å². The maximum atomic E-state index is 13.3. The Balaban J connectivity index is 1.29. The summed E-state index contributed by atoms with van der Waals surface area (Å²) in [5, 5.41) is 19.8. The number of hydrogen-bond acceptors (Lipinski definition) is 4. The van der Waals surface area contributed by atoms with Crippen molar-refractivity contribution in [3.8, 4) is 11.5 Å². The molecule has 144 valence electrons. The summed E-state index contributed by atoms with van der Waals surface area (Å²) >= 11 is 0. The summed E-state index contributed by atoms with van der Waals surface area (Å²) in [7, 11) is 0. The number of β-amino-alcohol motifs (C(OH)–C–C–N with tert-alkyl or cyclic N) is 1. The smallest absolute Gasteiger partial charge is 0.162 e. The van der Waals surface area contributed by atoms with Crippen LogP contribution in [0, 0.1) is 23.5 Å². The second-order valence-electron chi connectivity index (χ2n) is 7.63. The van der Waals surface area contributed by atoms with Crippen LogP contribution in [0.25, 0.3) is 0 Å². The molecule has 2 aromatic carbocycles. The second-order valence-corrected chi connectivity index (χ2v) is 7.63. The van der Waals surface area contributed by atoms with Crippen molar-refractivity contribution < 1.29 is 23.7 Å². The molecule has 0 amide bonds. The molecule has 0 spiro atoms. The van der Waals surface area contributed by atoms with Crippen LogP contribution < -0.4 is 4.74 Å². The molecule has 1 saturated heterocycles. The Hall–Kier alpha value is -2.18. The Kier molecular flexibility index (Phi) is 5.02. The number of nitrogens with zero attached hydrogens (tertiary/aromatic N) is 1. The van der Waals surface area contributed by atoms with E-state index in [9.17, 15) is 19.0 Å². The molecule has 3 atom stereocenters. The zero-order valence-corrected chi connectivity index (χ0v) is 14.9. The van der Waals surface area contributed by atoms with Gasteiger partial charge in [-0.15, -0.1) is 0 Å². The summed E-state index contributed by atoms with van der Waals surface area (Å²) < 4.78 is 32.2. The molecule has 1 aliphatic carbocycles. The van der Waals surface area contributed by atoms with E-state index in [-0.39, 0.29) is 11.9 Å². The van der Waals surface area contributed by atoms with Crippen LogP contribution in [0.15, 0.2) is 42.5 Å². The zero-order valence-electron chi connectivity index (χ0n) is 14.9. The summed E-state index contributed by atoms with van der Waals surface area (Å²) in [5.74, 6) is -0.208. The molecule has 1 aliphatic heterocycles. The van der Waals surface area contributed by atoms with Crippen molar-refractivity contribution in [2.24, 2.45) is 11.8 Å². The van der Waals surface area contributed by atoms with E-state index >= 15 is 0 Å². The predicted molar refractivity (Wildman–Crippen MR) is 96.5 cm³/mol. The van der Waals surface area contributed by atoms with Crippen molar-refractivity contribution in [2.45, 2.75) is 25.0 Å². The van der Waals surface area contributed by atoms with Gasteiger partial charge in [-0.1, -0.05) is 12.1 Å². The lowest BCUT2D eigenvalue weighted by atomic mass is 10.0. The number of likely N-dealkylation sites (tertiary alicyclic amines) is 1. The van der Waals surface area contributed by atoms with E-state index in [2.05, 4.69) is 4.90 Å². The minimum atomic E-state index is -0.889. The first-order valence-corrected chi connectivity index (χ1v) is 9.29. The molecule has 27 heavy (non-hydrogen) atoms. The highest BCUT2D eigenvalue weighted by Gasteiger charge is 2.42. The number of ether oxygens (including phenoxy) is 1. The first-order valence-electron chi connectivity index (χ1n) is 9.29. The number of halogens is 2. The van der Waals surface area contributed by atoms with Gasteiger partial charge >= 0.3 is 0 Å². The van der Waals surface area contributed by atoms with Crippen LogP contribution in [0.1, 0.15) is 24.5 Å². The van der Waals surface area contributed by atoms with Gasteiger partial charge in [0.25, 0.3) is 0 Å². The highest BCUT2D eigenvalue weighted by atomic mass is 19.2. The highest BCUT2D eigenvalue weighted by molar-refractivity contribution is 5.27. The van der Waals surface area contributed by atoms with Crippen molar-refractivity contribution in [1.29, 1.82) is 0 Å². The average molecular weight is 375 g/mol. The lowest BCUT2D eigenvalue weighted by molar-refractivity contribution is 0.116. The zero-order chi connectivity index (χ0) is 19.0. The van der Waals surface area contributed by atoms with Crippen molar-refractivity contribution in [1.82, 2.24) is 4.90 Å². The second kappa shape index (κ2) is 7.44. The van der Waals surface area contributed by atoms with Gasteiger partial charge in [-0.25, -0.2) is 8.78 Å². The first kappa shape index (κ1) is 18.2. The predicted octanol–water partition coefficient (Wildman–Crippen LogP) is 3.49. The number of benzene rings is 2. The topological polar surface area (TPSA) is 52.9 Å².